The second-order valence-electron chi connectivity index (χ2n) is 4.09. The predicted molar refractivity (Wildman–Crippen MR) is 72.6 cm³/mol. The summed E-state index contributed by atoms with van der Waals surface area (Å²) in [5, 5.41) is 0. The van der Waals surface area contributed by atoms with Crippen LogP contribution < -0.4 is 4.74 Å². The van der Waals surface area contributed by atoms with E-state index in [9.17, 15) is 0 Å². The SMILES string of the molecule is CCc1ccc(OC(OC)c2ccccc2)cc1. The molecule has 94 valence electrons. The van der Waals surface area contributed by atoms with E-state index in [1.54, 1.807) is 7.11 Å². The van der Waals surface area contributed by atoms with Gasteiger partial charge in [0.15, 0.2) is 0 Å². The highest BCUT2D eigenvalue weighted by Gasteiger charge is 2.11. The molecule has 0 heterocycles. The largest absolute Gasteiger partial charge is 0.461 e. The lowest BCUT2D eigenvalue weighted by atomic mass is 10.2. The first-order chi connectivity index (χ1) is 8.83. The van der Waals surface area contributed by atoms with Crippen molar-refractivity contribution in [3.05, 3.63) is 65.7 Å². The van der Waals surface area contributed by atoms with Crippen LogP contribution in [0.5, 0.6) is 5.75 Å². The third-order valence-electron chi connectivity index (χ3n) is 2.86. The Labute approximate surface area is 108 Å². The van der Waals surface area contributed by atoms with E-state index in [1.807, 2.05) is 42.5 Å². The maximum absolute atomic E-state index is 5.83. The minimum Gasteiger partial charge on any atom is -0.461 e. The molecule has 2 aromatic rings. The Morgan fingerprint density at radius 3 is 2.17 bits per heavy atom. The van der Waals surface area contributed by atoms with Gasteiger partial charge >= 0.3 is 0 Å². The molecule has 0 aliphatic rings. The molecule has 0 amide bonds. The van der Waals surface area contributed by atoms with E-state index in [-0.39, 0.29) is 6.29 Å². The third kappa shape index (κ3) is 3.11. The lowest BCUT2D eigenvalue weighted by Gasteiger charge is -2.17. The number of ether oxygens (including phenoxy) is 2. The van der Waals surface area contributed by atoms with Gasteiger partial charge in [-0.15, -0.1) is 0 Å². The Bertz CT molecular complexity index is 462. The summed E-state index contributed by atoms with van der Waals surface area (Å²) < 4.78 is 11.2. The first kappa shape index (κ1) is 12.7. The quantitative estimate of drug-likeness (QED) is 0.738. The Kier molecular flexibility index (Phi) is 4.37. The van der Waals surface area contributed by atoms with E-state index in [0.29, 0.717) is 0 Å². The summed E-state index contributed by atoms with van der Waals surface area (Å²) in [5.74, 6) is 0.822. The lowest BCUT2D eigenvalue weighted by Crippen LogP contribution is -2.09. The Morgan fingerprint density at radius 1 is 0.944 bits per heavy atom. The summed E-state index contributed by atoms with van der Waals surface area (Å²) in [6.07, 6.45) is 0.672. The van der Waals surface area contributed by atoms with Gasteiger partial charge in [0.05, 0.1) is 0 Å². The number of methoxy groups -OCH3 is 1. The molecule has 0 saturated carbocycles. The van der Waals surface area contributed by atoms with Gasteiger partial charge in [0, 0.05) is 12.7 Å². The van der Waals surface area contributed by atoms with Gasteiger partial charge in [0.2, 0.25) is 6.29 Å². The van der Waals surface area contributed by atoms with Crippen molar-refractivity contribution in [2.24, 2.45) is 0 Å². The van der Waals surface area contributed by atoms with Gasteiger partial charge in [-0.05, 0) is 24.1 Å². The number of aryl methyl sites for hydroxylation is 1. The van der Waals surface area contributed by atoms with Crippen LogP contribution in [0, 0.1) is 0 Å². The molecule has 2 heteroatoms. The van der Waals surface area contributed by atoms with Crippen LogP contribution in [-0.2, 0) is 11.2 Å². The summed E-state index contributed by atoms with van der Waals surface area (Å²) in [4.78, 5) is 0. The molecule has 0 aliphatic heterocycles. The van der Waals surface area contributed by atoms with Crippen LogP contribution in [0.15, 0.2) is 54.6 Å². The second-order valence-corrected chi connectivity index (χ2v) is 4.09. The van der Waals surface area contributed by atoms with E-state index in [0.717, 1.165) is 17.7 Å². The van der Waals surface area contributed by atoms with Crippen molar-refractivity contribution >= 4 is 0 Å². The van der Waals surface area contributed by atoms with Crippen molar-refractivity contribution in [3.63, 3.8) is 0 Å². The summed E-state index contributed by atoms with van der Waals surface area (Å²) in [6.45, 7) is 2.14. The minimum atomic E-state index is -0.362. The van der Waals surface area contributed by atoms with E-state index in [1.165, 1.54) is 5.56 Å². The molecule has 2 rings (SSSR count). The summed E-state index contributed by atoms with van der Waals surface area (Å²) >= 11 is 0. The fourth-order valence-electron chi connectivity index (χ4n) is 1.79. The zero-order valence-corrected chi connectivity index (χ0v) is 10.8. The summed E-state index contributed by atoms with van der Waals surface area (Å²) in [6, 6.07) is 18.0. The maximum Gasteiger partial charge on any atom is 0.226 e. The molecule has 18 heavy (non-hydrogen) atoms. The smallest absolute Gasteiger partial charge is 0.226 e. The second kappa shape index (κ2) is 6.22. The molecule has 0 aromatic heterocycles. The fraction of sp³-hybridized carbons (Fsp3) is 0.250. The van der Waals surface area contributed by atoms with Crippen LogP contribution in [0.1, 0.15) is 24.3 Å². The molecule has 0 bridgehead atoms. The average Bonchev–Trinajstić information content (AvgIpc) is 2.46. The Balaban J connectivity index is 2.10. The number of hydrogen-bond acceptors (Lipinski definition) is 2. The topological polar surface area (TPSA) is 18.5 Å². The van der Waals surface area contributed by atoms with Crippen molar-refractivity contribution in [2.45, 2.75) is 19.6 Å². The molecule has 0 radical (unpaired) electrons. The van der Waals surface area contributed by atoms with Gasteiger partial charge in [-0.1, -0.05) is 49.4 Å². The van der Waals surface area contributed by atoms with Crippen LogP contribution >= 0.6 is 0 Å². The summed E-state index contributed by atoms with van der Waals surface area (Å²) in [5.41, 5.74) is 2.32. The number of hydrogen-bond donors (Lipinski definition) is 0. The number of rotatable bonds is 5. The van der Waals surface area contributed by atoms with Crippen molar-refractivity contribution in [2.75, 3.05) is 7.11 Å². The number of benzene rings is 2. The molecule has 0 saturated heterocycles. The van der Waals surface area contributed by atoms with E-state index in [4.69, 9.17) is 9.47 Å². The van der Waals surface area contributed by atoms with Crippen molar-refractivity contribution < 1.29 is 9.47 Å². The van der Waals surface area contributed by atoms with Crippen LogP contribution in [0.3, 0.4) is 0 Å². The highest BCUT2D eigenvalue weighted by atomic mass is 16.7. The third-order valence-corrected chi connectivity index (χ3v) is 2.86. The zero-order valence-electron chi connectivity index (χ0n) is 10.8. The molecular formula is C16H18O2. The monoisotopic (exact) mass is 242 g/mol. The van der Waals surface area contributed by atoms with Crippen molar-refractivity contribution in [3.8, 4) is 5.75 Å². The van der Waals surface area contributed by atoms with Crippen LogP contribution in [0.4, 0.5) is 0 Å². The molecule has 0 spiro atoms. The highest BCUT2D eigenvalue weighted by molar-refractivity contribution is 5.28. The molecule has 0 fully saturated rings. The van der Waals surface area contributed by atoms with Gasteiger partial charge in [0.25, 0.3) is 0 Å². The van der Waals surface area contributed by atoms with E-state index in [2.05, 4.69) is 19.1 Å². The van der Waals surface area contributed by atoms with Crippen LogP contribution in [0.25, 0.3) is 0 Å². The molecule has 2 nitrogen and oxygen atoms in total. The van der Waals surface area contributed by atoms with Crippen LogP contribution in [0.2, 0.25) is 0 Å². The van der Waals surface area contributed by atoms with Gasteiger partial charge in [-0.25, -0.2) is 0 Å². The normalized spacial score (nSPS) is 12.1. The van der Waals surface area contributed by atoms with Crippen molar-refractivity contribution in [1.29, 1.82) is 0 Å². The van der Waals surface area contributed by atoms with E-state index < -0.39 is 0 Å². The van der Waals surface area contributed by atoms with Gasteiger partial charge in [-0.3, -0.25) is 0 Å². The molecule has 2 aromatic carbocycles. The lowest BCUT2D eigenvalue weighted by molar-refractivity contribution is -0.0562. The first-order valence-electron chi connectivity index (χ1n) is 6.17. The Hall–Kier alpha value is -1.80. The molecule has 1 atom stereocenters. The Morgan fingerprint density at radius 2 is 1.61 bits per heavy atom. The first-order valence-corrected chi connectivity index (χ1v) is 6.17. The molecule has 0 aliphatic carbocycles. The zero-order chi connectivity index (χ0) is 12.8. The minimum absolute atomic E-state index is 0.362. The molecule has 1 unspecified atom stereocenters. The van der Waals surface area contributed by atoms with Gasteiger partial charge in [-0.2, -0.15) is 0 Å². The predicted octanol–water partition coefficient (Wildman–Crippen LogP) is 3.97. The summed E-state index contributed by atoms with van der Waals surface area (Å²) in [7, 11) is 1.65. The van der Waals surface area contributed by atoms with Gasteiger partial charge in [0.1, 0.15) is 5.75 Å². The van der Waals surface area contributed by atoms with Crippen molar-refractivity contribution in [1.82, 2.24) is 0 Å². The van der Waals surface area contributed by atoms with E-state index >= 15 is 0 Å². The standard InChI is InChI=1S/C16H18O2/c1-3-13-9-11-15(12-10-13)18-16(17-2)14-7-5-4-6-8-14/h4-12,16H,3H2,1-2H3. The maximum atomic E-state index is 5.83. The average molecular weight is 242 g/mol. The van der Waals surface area contributed by atoms with Crippen LogP contribution in [-0.4, -0.2) is 7.11 Å². The fourth-order valence-corrected chi connectivity index (χ4v) is 1.79. The molecule has 0 N–H and O–H groups in total. The molecular weight excluding hydrogens is 224 g/mol. The highest BCUT2D eigenvalue weighted by Crippen LogP contribution is 2.22. The van der Waals surface area contributed by atoms with Gasteiger partial charge < -0.3 is 9.47 Å².